The Balaban J connectivity index is 1.68. The van der Waals surface area contributed by atoms with Gasteiger partial charge in [0.05, 0.1) is 0 Å². The summed E-state index contributed by atoms with van der Waals surface area (Å²) in [5.41, 5.74) is 4.44. The van der Waals surface area contributed by atoms with E-state index in [0.29, 0.717) is 0 Å². The fourth-order valence-electron chi connectivity index (χ4n) is 7.33. The molecular formula is C25H46P2. The van der Waals surface area contributed by atoms with E-state index in [2.05, 4.69) is 0 Å². The Bertz CT molecular complexity index is 435. The fraction of sp³-hybridized carbons (Fsp3) is 0.960. The van der Waals surface area contributed by atoms with Crippen LogP contribution in [0, 0.1) is 0 Å². The van der Waals surface area contributed by atoms with Gasteiger partial charge in [-0.15, -0.1) is 0 Å². The Morgan fingerprint density at radius 2 is 0.741 bits per heavy atom. The quantitative estimate of drug-likeness (QED) is 0.398. The van der Waals surface area contributed by atoms with E-state index >= 15 is 0 Å². The molecule has 0 aromatic carbocycles. The molecule has 0 bridgehead atoms. The molecule has 0 nitrogen and oxygen atoms in total. The van der Waals surface area contributed by atoms with Crippen LogP contribution in [0.4, 0.5) is 0 Å². The molecule has 0 spiro atoms. The van der Waals surface area contributed by atoms with Crippen molar-refractivity contribution in [1.29, 1.82) is 0 Å². The molecule has 4 rings (SSSR count). The standard InChI is InChI=1S/C25H46P2/c1-27(24-18-10-4-11-19-24,25-20-12-5-13-21-25)26(22-14-6-2-7-15-22)23-16-8-3-9-17-23/h22-25H,1-21H2. The van der Waals surface area contributed by atoms with Crippen molar-refractivity contribution in [2.45, 2.75) is 151 Å². The van der Waals surface area contributed by atoms with E-state index < -0.39 is 6.57 Å². The summed E-state index contributed by atoms with van der Waals surface area (Å²) in [6.07, 6.45) is 36.6. The van der Waals surface area contributed by atoms with Gasteiger partial charge in [0, 0.05) is 0 Å². The summed E-state index contributed by atoms with van der Waals surface area (Å²) in [5.74, 6) is 0. The zero-order valence-electron chi connectivity index (χ0n) is 18.1. The SMILES string of the molecule is C=P(C1CCCCC1)(C1CCCCC1)P(C1CCCCC1)C1CCCCC1. The van der Waals surface area contributed by atoms with E-state index in [4.69, 9.17) is 6.30 Å². The molecule has 0 radical (unpaired) electrons. The zero-order chi connectivity index (χ0) is 18.5. The van der Waals surface area contributed by atoms with Crippen LogP contribution in [0.25, 0.3) is 0 Å². The molecule has 0 atom stereocenters. The Kier molecular flexibility index (Phi) is 7.90. The molecule has 2 heteroatoms. The number of hydrogen-bond acceptors (Lipinski definition) is 0. The van der Waals surface area contributed by atoms with Crippen molar-refractivity contribution in [2.24, 2.45) is 0 Å². The minimum absolute atomic E-state index is 0.212. The number of rotatable bonds is 5. The normalized spacial score (nSPS) is 28.6. The average molecular weight is 409 g/mol. The molecule has 0 heterocycles. The lowest BCUT2D eigenvalue weighted by molar-refractivity contribution is 0.478. The van der Waals surface area contributed by atoms with Crippen LogP contribution in [0.5, 0.6) is 0 Å². The first kappa shape index (κ1) is 21.0. The molecule has 0 aliphatic heterocycles. The summed E-state index contributed by atoms with van der Waals surface area (Å²) in [4.78, 5) is 0. The summed E-state index contributed by atoms with van der Waals surface area (Å²) in [6.45, 7) is -1.05. The topological polar surface area (TPSA) is 0 Å². The third-order valence-electron chi connectivity index (χ3n) is 8.74. The van der Waals surface area contributed by atoms with Crippen molar-refractivity contribution in [2.75, 3.05) is 0 Å². The first-order valence-corrected chi connectivity index (χ1v) is 17.1. The second-order valence-electron chi connectivity index (χ2n) is 10.4. The first-order valence-electron chi connectivity index (χ1n) is 12.8. The third-order valence-corrected chi connectivity index (χ3v) is 22.2. The lowest BCUT2D eigenvalue weighted by Crippen LogP contribution is -2.29. The second-order valence-corrected chi connectivity index (χ2v) is 19.5. The summed E-state index contributed by atoms with van der Waals surface area (Å²) in [5, 5.41) is 0. The van der Waals surface area contributed by atoms with Crippen LogP contribution < -0.4 is 0 Å². The first-order chi connectivity index (χ1) is 13.3. The highest BCUT2D eigenvalue weighted by molar-refractivity contribution is 8.38. The van der Waals surface area contributed by atoms with Gasteiger partial charge in [-0.05, 0) is 74.0 Å². The number of hydrogen-bond donors (Lipinski definition) is 0. The van der Waals surface area contributed by atoms with Crippen LogP contribution in [-0.4, -0.2) is 28.9 Å². The van der Waals surface area contributed by atoms with Crippen molar-refractivity contribution in [3.8, 4) is 0 Å². The molecule has 156 valence electrons. The molecule has 4 saturated carbocycles. The van der Waals surface area contributed by atoms with Crippen molar-refractivity contribution in [3.05, 3.63) is 0 Å². The van der Waals surface area contributed by atoms with Crippen LogP contribution in [0.3, 0.4) is 0 Å². The summed E-state index contributed by atoms with van der Waals surface area (Å²) in [6, 6.07) is 0. The maximum Gasteiger partial charge on any atom is -0.0168 e. The van der Waals surface area contributed by atoms with Crippen LogP contribution in [0.2, 0.25) is 0 Å². The molecule has 0 aromatic heterocycles. The van der Waals surface area contributed by atoms with Crippen molar-refractivity contribution < 1.29 is 0 Å². The highest BCUT2D eigenvalue weighted by Gasteiger charge is 2.46. The van der Waals surface area contributed by atoms with Gasteiger partial charge < -0.3 is 0 Å². The lowest BCUT2D eigenvalue weighted by Gasteiger charge is -2.54. The fourth-order valence-corrected chi connectivity index (χ4v) is 23.5. The predicted octanol–water partition coefficient (Wildman–Crippen LogP) is 9.16. The largest absolute Gasteiger partial charge is 0.0962 e. The summed E-state index contributed by atoms with van der Waals surface area (Å²) < 4.78 is 0. The van der Waals surface area contributed by atoms with Crippen LogP contribution in [-0.2, 0) is 0 Å². The molecule has 27 heavy (non-hydrogen) atoms. The van der Waals surface area contributed by atoms with E-state index in [1.807, 2.05) is 0 Å². The minimum atomic E-state index is -1.05. The monoisotopic (exact) mass is 408 g/mol. The highest BCUT2D eigenvalue weighted by atomic mass is 32.1. The maximum absolute atomic E-state index is 5.51. The van der Waals surface area contributed by atoms with Gasteiger partial charge in [0.1, 0.15) is 0 Å². The van der Waals surface area contributed by atoms with Gasteiger partial charge in [-0.1, -0.05) is 97.5 Å². The Hall–Kier alpha value is 0.730. The molecule has 4 aliphatic carbocycles. The van der Waals surface area contributed by atoms with Gasteiger partial charge >= 0.3 is 0 Å². The Labute approximate surface area is 171 Å². The van der Waals surface area contributed by atoms with Gasteiger partial charge in [0.25, 0.3) is 0 Å². The van der Waals surface area contributed by atoms with Crippen molar-refractivity contribution in [3.63, 3.8) is 0 Å². The average Bonchev–Trinajstić information content (AvgIpc) is 2.76. The molecule has 0 amide bonds. The summed E-state index contributed by atoms with van der Waals surface area (Å²) >= 11 is 0. The highest BCUT2D eigenvalue weighted by Crippen LogP contribution is 2.88. The van der Waals surface area contributed by atoms with E-state index in [0.717, 1.165) is 22.6 Å². The molecular weight excluding hydrogens is 362 g/mol. The van der Waals surface area contributed by atoms with Gasteiger partial charge in [0.15, 0.2) is 0 Å². The molecule has 0 saturated heterocycles. The van der Waals surface area contributed by atoms with Crippen LogP contribution >= 0.6 is 14.2 Å². The zero-order valence-corrected chi connectivity index (χ0v) is 19.8. The molecule has 0 unspecified atom stereocenters. The van der Waals surface area contributed by atoms with Gasteiger partial charge in [-0.3, -0.25) is 0 Å². The molecule has 4 aliphatic rings. The molecule has 0 N–H and O–H groups in total. The van der Waals surface area contributed by atoms with Crippen molar-refractivity contribution >= 4 is 20.5 Å². The lowest BCUT2D eigenvalue weighted by atomic mass is 9.99. The smallest absolute Gasteiger partial charge is 0.0168 e. The second kappa shape index (κ2) is 10.2. The van der Waals surface area contributed by atoms with E-state index in [1.165, 1.54) is 51.4 Å². The van der Waals surface area contributed by atoms with Crippen LogP contribution in [0.1, 0.15) is 128 Å². The Morgan fingerprint density at radius 1 is 0.444 bits per heavy atom. The molecule has 4 fully saturated rings. The van der Waals surface area contributed by atoms with E-state index in [1.54, 1.807) is 77.0 Å². The van der Waals surface area contributed by atoms with Crippen molar-refractivity contribution in [1.82, 2.24) is 0 Å². The third kappa shape index (κ3) is 4.74. The van der Waals surface area contributed by atoms with Gasteiger partial charge in [-0.25, -0.2) is 0 Å². The van der Waals surface area contributed by atoms with E-state index in [-0.39, 0.29) is 7.61 Å². The van der Waals surface area contributed by atoms with Gasteiger partial charge in [0.2, 0.25) is 0 Å². The minimum Gasteiger partial charge on any atom is -0.0962 e. The molecule has 0 aromatic rings. The summed E-state index contributed by atoms with van der Waals surface area (Å²) in [7, 11) is 0.212. The predicted molar refractivity (Wildman–Crippen MR) is 128 cm³/mol. The maximum atomic E-state index is 5.51. The van der Waals surface area contributed by atoms with Crippen LogP contribution in [0.15, 0.2) is 0 Å². The van der Waals surface area contributed by atoms with Gasteiger partial charge in [-0.2, -0.15) is 0 Å². The van der Waals surface area contributed by atoms with E-state index in [9.17, 15) is 0 Å². The Morgan fingerprint density at radius 3 is 1.07 bits per heavy atom.